The van der Waals surface area contributed by atoms with Gasteiger partial charge in [0.25, 0.3) is 0 Å². The predicted molar refractivity (Wildman–Crippen MR) is 160 cm³/mol. The highest BCUT2D eigenvalue weighted by atomic mass is 16.7. The van der Waals surface area contributed by atoms with Crippen molar-refractivity contribution in [1.82, 2.24) is 15.1 Å². The zero-order valence-corrected chi connectivity index (χ0v) is 24.9. The number of fused-ring (bicyclic) bond motifs is 2. The number of hydrogen-bond donors (Lipinski definition) is 3. The Morgan fingerprint density at radius 3 is 2.64 bits per heavy atom. The second-order valence-corrected chi connectivity index (χ2v) is 12.0. The Morgan fingerprint density at radius 1 is 1.10 bits per heavy atom. The Morgan fingerprint density at radius 2 is 1.86 bits per heavy atom. The highest BCUT2D eigenvalue weighted by Crippen LogP contribution is 2.33. The summed E-state index contributed by atoms with van der Waals surface area (Å²) in [5.74, 6) is 2.06. The summed E-state index contributed by atoms with van der Waals surface area (Å²) in [5.41, 5.74) is 2.43. The first kappa shape index (κ1) is 30.0. The quantitative estimate of drug-likeness (QED) is 0.430. The molecule has 3 aliphatic rings. The van der Waals surface area contributed by atoms with Crippen molar-refractivity contribution < 1.29 is 28.9 Å². The minimum Gasteiger partial charge on any atom is -0.488 e. The Kier molecular flexibility index (Phi) is 9.74. The van der Waals surface area contributed by atoms with E-state index in [4.69, 9.17) is 14.2 Å². The van der Waals surface area contributed by atoms with Crippen LogP contribution >= 0.6 is 0 Å². The first-order chi connectivity index (χ1) is 20.3. The van der Waals surface area contributed by atoms with Crippen molar-refractivity contribution in [3.63, 3.8) is 0 Å². The maximum atomic E-state index is 13.5. The number of ether oxygens (including phenoxy) is 3. The topological polar surface area (TPSA) is 113 Å². The zero-order chi connectivity index (χ0) is 29.6. The number of aliphatic hydroxyl groups is 1. The molecular formula is C32H44N4O6. The summed E-state index contributed by atoms with van der Waals surface area (Å²) in [5, 5.41) is 16.0. The van der Waals surface area contributed by atoms with Crippen molar-refractivity contribution in [2.24, 2.45) is 5.92 Å². The molecule has 0 radical (unpaired) electrons. The van der Waals surface area contributed by atoms with Crippen LogP contribution in [0.2, 0.25) is 0 Å². The van der Waals surface area contributed by atoms with Crippen molar-refractivity contribution in [1.29, 1.82) is 0 Å². The van der Waals surface area contributed by atoms with E-state index in [0.29, 0.717) is 36.6 Å². The zero-order valence-electron chi connectivity index (χ0n) is 24.9. The van der Waals surface area contributed by atoms with Crippen LogP contribution in [0.15, 0.2) is 36.4 Å². The fraction of sp³-hybridized carbons (Fsp3) is 0.562. The third-order valence-electron chi connectivity index (χ3n) is 8.50. The number of nitrogens with one attached hydrogen (secondary N) is 2. The van der Waals surface area contributed by atoms with Crippen LogP contribution < -0.4 is 24.8 Å². The Bertz CT molecular complexity index is 1250. The van der Waals surface area contributed by atoms with Crippen LogP contribution in [0.25, 0.3) is 0 Å². The van der Waals surface area contributed by atoms with Gasteiger partial charge in [0.15, 0.2) is 11.5 Å². The summed E-state index contributed by atoms with van der Waals surface area (Å²) in [6.07, 6.45) is 5.39. The van der Waals surface area contributed by atoms with Gasteiger partial charge < -0.3 is 34.9 Å². The van der Waals surface area contributed by atoms with Crippen molar-refractivity contribution >= 4 is 17.6 Å². The summed E-state index contributed by atoms with van der Waals surface area (Å²) in [4.78, 5) is 30.2. The molecule has 2 aromatic carbocycles. The van der Waals surface area contributed by atoms with Crippen LogP contribution in [-0.4, -0.2) is 78.6 Å². The van der Waals surface area contributed by atoms with Gasteiger partial charge in [-0.25, -0.2) is 4.79 Å². The summed E-state index contributed by atoms with van der Waals surface area (Å²) in [7, 11) is 2.05. The second-order valence-electron chi connectivity index (χ2n) is 12.0. The van der Waals surface area contributed by atoms with Crippen molar-refractivity contribution in [2.45, 2.75) is 77.1 Å². The molecule has 10 nitrogen and oxygen atoms in total. The highest BCUT2D eigenvalue weighted by Gasteiger charge is 2.31. The maximum Gasteiger partial charge on any atom is 0.319 e. The van der Waals surface area contributed by atoms with Crippen LogP contribution in [0, 0.1) is 5.92 Å². The third-order valence-corrected chi connectivity index (χ3v) is 8.50. The number of likely N-dealkylation sites (N-methyl/N-ethyl adjacent to an activating group) is 1. The maximum absolute atomic E-state index is 13.5. The molecule has 2 heterocycles. The van der Waals surface area contributed by atoms with Crippen molar-refractivity contribution in [3.05, 3.63) is 47.5 Å². The fourth-order valence-electron chi connectivity index (χ4n) is 6.05. The largest absolute Gasteiger partial charge is 0.488 e. The molecule has 0 spiro atoms. The molecule has 1 fully saturated rings. The van der Waals surface area contributed by atoms with Gasteiger partial charge in [-0.05, 0) is 62.7 Å². The first-order valence-corrected chi connectivity index (χ1v) is 15.1. The lowest BCUT2D eigenvalue weighted by atomic mass is 9.96. The van der Waals surface area contributed by atoms with Crippen LogP contribution in [0.4, 0.5) is 10.5 Å². The summed E-state index contributed by atoms with van der Waals surface area (Å²) in [6, 6.07) is 11.1. The number of carbonyl (C=O) groups excluding carboxylic acids is 2. The van der Waals surface area contributed by atoms with Gasteiger partial charge in [-0.1, -0.05) is 32.3 Å². The molecule has 10 heteroatoms. The number of amides is 3. The molecule has 0 saturated heterocycles. The Balaban J connectivity index is 1.33. The van der Waals surface area contributed by atoms with E-state index in [1.54, 1.807) is 4.90 Å². The van der Waals surface area contributed by atoms with Gasteiger partial charge in [-0.2, -0.15) is 0 Å². The number of benzene rings is 2. The number of nitrogens with zero attached hydrogens (tertiary/aromatic N) is 2. The highest BCUT2D eigenvalue weighted by molar-refractivity contribution is 5.90. The SMILES string of the molecule is C[C@H]1CN([C@@H](C)CO)C(=O)Cc2cc(NC(=O)NC3CCCCC3)ccc2O[C@@H]1CN(C)Cc1ccc2c(c1)OCO2. The van der Waals surface area contributed by atoms with E-state index in [1.165, 1.54) is 6.42 Å². The Hall–Kier alpha value is -3.50. The van der Waals surface area contributed by atoms with E-state index in [9.17, 15) is 14.7 Å². The van der Waals surface area contributed by atoms with Crippen LogP contribution in [0.1, 0.15) is 57.1 Å². The summed E-state index contributed by atoms with van der Waals surface area (Å²) >= 11 is 0. The van der Waals surface area contributed by atoms with E-state index < -0.39 is 0 Å². The van der Waals surface area contributed by atoms with E-state index in [1.807, 2.05) is 50.4 Å². The van der Waals surface area contributed by atoms with E-state index in [0.717, 1.165) is 42.7 Å². The van der Waals surface area contributed by atoms with Crippen LogP contribution in [0.5, 0.6) is 17.2 Å². The number of carbonyl (C=O) groups is 2. The van der Waals surface area contributed by atoms with Gasteiger partial charge in [0.2, 0.25) is 12.7 Å². The van der Waals surface area contributed by atoms with Gasteiger partial charge in [0.05, 0.1) is 19.1 Å². The van der Waals surface area contributed by atoms with Gasteiger partial charge in [-0.15, -0.1) is 0 Å². The standard InChI is InChI=1S/C32H44N4O6/c1-21-16-36(22(2)19-37)31(38)15-24-14-26(34-32(39)33-25-7-5-4-6-8-25)10-12-27(24)42-30(21)18-35(3)17-23-9-11-28-29(13-23)41-20-40-28/h9-14,21-22,25,30,37H,4-8,15-20H2,1-3H3,(H2,33,34,39)/t21-,22-,30+/m0/s1. The molecule has 3 amide bonds. The average molecular weight is 581 g/mol. The number of rotatable bonds is 8. The molecule has 42 heavy (non-hydrogen) atoms. The van der Waals surface area contributed by atoms with E-state index in [-0.39, 0.29) is 55.9 Å². The van der Waals surface area contributed by atoms with Gasteiger partial charge in [0, 0.05) is 42.8 Å². The van der Waals surface area contributed by atoms with Crippen molar-refractivity contribution in [2.75, 3.05) is 38.9 Å². The molecule has 2 aromatic rings. The molecule has 5 rings (SSSR count). The van der Waals surface area contributed by atoms with Crippen LogP contribution in [-0.2, 0) is 17.8 Å². The number of aliphatic hydroxyl groups excluding tert-OH is 1. The Labute approximate surface area is 248 Å². The van der Waals surface area contributed by atoms with Gasteiger partial charge in [0.1, 0.15) is 11.9 Å². The smallest absolute Gasteiger partial charge is 0.319 e. The molecular weight excluding hydrogens is 536 g/mol. The number of anilines is 1. The molecule has 0 aromatic heterocycles. The van der Waals surface area contributed by atoms with Gasteiger partial charge >= 0.3 is 6.03 Å². The molecule has 0 bridgehead atoms. The second kappa shape index (κ2) is 13.6. The monoisotopic (exact) mass is 580 g/mol. The molecule has 1 aliphatic carbocycles. The molecule has 1 saturated carbocycles. The van der Waals surface area contributed by atoms with E-state index >= 15 is 0 Å². The third kappa shape index (κ3) is 7.46. The van der Waals surface area contributed by atoms with Crippen molar-refractivity contribution in [3.8, 4) is 17.2 Å². The average Bonchev–Trinajstić information content (AvgIpc) is 3.45. The first-order valence-electron chi connectivity index (χ1n) is 15.1. The van der Waals surface area contributed by atoms with Crippen LogP contribution in [0.3, 0.4) is 0 Å². The number of hydrogen-bond acceptors (Lipinski definition) is 7. The molecule has 0 unspecified atom stereocenters. The predicted octanol–water partition coefficient (Wildman–Crippen LogP) is 4.15. The fourth-order valence-corrected chi connectivity index (χ4v) is 6.05. The lowest BCUT2D eigenvalue weighted by Crippen LogP contribution is -2.47. The molecule has 228 valence electrons. The normalized spacial score (nSPS) is 21.5. The minimum absolute atomic E-state index is 0.00724. The summed E-state index contributed by atoms with van der Waals surface area (Å²) < 4.78 is 17.6. The lowest BCUT2D eigenvalue weighted by molar-refractivity contribution is -0.134. The summed E-state index contributed by atoms with van der Waals surface area (Å²) in [6.45, 7) is 5.83. The van der Waals surface area contributed by atoms with Gasteiger partial charge in [-0.3, -0.25) is 9.69 Å². The van der Waals surface area contributed by atoms with E-state index in [2.05, 4.69) is 22.5 Å². The molecule has 2 aliphatic heterocycles. The number of urea groups is 1. The lowest BCUT2D eigenvalue weighted by Gasteiger charge is -2.34. The minimum atomic E-state index is -0.323. The molecule has 3 atom stereocenters. The molecule has 3 N–H and O–H groups in total.